The Kier molecular flexibility index (Phi) is 4.81. The largest absolute Gasteiger partial charge is 0.481 e. The molecule has 2 aromatic rings. The highest BCUT2D eigenvalue weighted by Crippen LogP contribution is 2.48. The molecular weight excluding hydrogens is 333 g/mol. The van der Waals surface area contributed by atoms with E-state index >= 15 is 0 Å². The first-order valence-corrected chi connectivity index (χ1v) is 8.78. The highest BCUT2D eigenvalue weighted by Gasteiger charge is 2.52. The summed E-state index contributed by atoms with van der Waals surface area (Å²) < 4.78 is 13.2. The Morgan fingerprint density at radius 3 is 2.23 bits per heavy atom. The van der Waals surface area contributed by atoms with Crippen molar-refractivity contribution in [2.45, 2.75) is 37.0 Å². The lowest BCUT2D eigenvalue weighted by Gasteiger charge is -2.30. The summed E-state index contributed by atoms with van der Waals surface area (Å²) in [4.78, 5) is 24.9. The summed E-state index contributed by atoms with van der Waals surface area (Å²) in [5, 5.41) is 12.7. The van der Waals surface area contributed by atoms with Gasteiger partial charge in [-0.1, -0.05) is 49.4 Å². The fraction of sp³-hybridized carbons (Fsp3) is 0.333. The van der Waals surface area contributed by atoms with Crippen LogP contribution in [0.5, 0.6) is 0 Å². The second-order valence-corrected chi connectivity index (χ2v) is 6.88. The van der Waals surface area contributed by atoms with Gasteiger partial charge in [0.1, 0.15) is 11.2 Å². The Hall–Kier alpha value is -2.69. The van der Waals surface area contributed by atoms with Crippen molar-refractivity contribution in [3.05, 3.63) is 71.5 Å². The minimum absolute atomic E-state index is 0.0185. The van der Waals surface area contributed by atoms with Gasteiger partial charge >= 0.3 is 5.97 Å². The standard InChI is InChI=1S/C21H22FNO3/c1-2-20(19(25)26,15-6-4-3-5-7-15)14-23-18(24)21(12-13-21)16-8-10-17(22)11-9-16/h3-11H,2,12-14H2,1H3,(H,23,24)(H,25,26). The SMILES string of the molecule is CCC(CNC(=O)C1(c2ccc(F)cc2)CC1)(C(=O)O)c1ccccc1. The molecule has 1 saturated carbocycles. The lowest BCUT2D eigenvalue weighted by Crippen LogP contribution is -2.48. The van der Waals surface area contributed by atoms with Gasteiger partial charge in [0.15, 0.2) is 0 Å². The number of benzene rings is 2. The number of rotatable bonds is 7. The number of hydrogen-bond acceptors (Lipinski definition) is 2. The molecule has 2 aromatic carbocycles. The van der Waals surface area contributed by atoms with E-state index in [9.17, 15) is 19.1 Å². The fourth-order valence-electron chi connectivity index (χ4n) is 3.48. The quantitative estimate of drug-likeness (QED) is 0.800. The van der Waals surface area contributed by atoms with Crippen molar-refractivity contribution in [3.8, 4) is 0 Å². The maximum Gasteiger partial charge on any atom is 0.315 e. The monoisotopic (exact) mass is 355 g/mol. The topological polar surface area (TPSA) is 66.4 Å². The molecule has 1 fully saturated rings. The molecule has 3 rings (SSSR count). The van der Waals surface area contributed by atoms with E-state index < -0.39 is 16.8 Å². The molecule has 1 amide bonds. The molecule has 0 saturated heterocycles. The van der Waals surface area contributed by atoms with Gasteiger partial charge in [0.05, 0.1) is 5.41 Å². The van der Waals surface area contributed by atoms with Crippen LogP contribution >= 0.6 is 0 Å². The molecule has 1 aliphatic rings. The van der Waals surface area contributed by atoms with E-state index in [1.54, 1.807) is 43.3 Å². The highest BCUT2D eigenvalue weighted by atomic mass is 19.1. The van der Waals surface area contributed by atoms with E-state index in [0.717, 1.165) is 5.56 Å². The average molecular weight is 355 g/mol. The molecule has 1 unspecified atom stereocenters. The number of aliphatic carboxylic acids is 1. The third-order valence-electron chi connectivity index (χ3n) is 5.47. The number of carbonyl (C=O) groups excluding carboxylic acids is 1. The minimum Gasteiger partial charge on any atom is -0.481 e. The second-order valence-electron chi connectivity index (χ2n) is 6.88. The molecule has 0 aromatic heterocycles. The molecule has 136 valence electrons. The Balaban J connectivity index is 1.80. The van der Waals surface area contributed by atoms with Gasteiger partial charge in [0.2, 0.25) is 5.91 Å². The van der Waals surface area contributed by atoms with Crippen molar-refractivity contribution >= 4 is 11.9 Å². The van der Waals surface area contributed by atoms with Crippen LogP contribution in [0.4, 0.5) is 4.39 Å². The van der Waals surface area contributed by atoms with Crippen molar-refractivity contribution in [2.24, 2.45) is 0 Å². The van der Waals surface area contributed by atoms with E-state index in [0.29, 0.717) is 24.8 Å². The summed E-state index contributed by atoms with van der Waals surface area (Å²) >= 11 is 0. The number of carboxylic acid groups (broad SMARTS) is 1. The van der Waals surface area contributed by atoms with Gasteiger partial charge in [-0.05, 0) is 42.5 Å². The van der Waals surface area contributed by atoms with Crippen LogP contribution in [0.25, 0.3) is 0 Å². The molecule has 4 nitrogen and oxygen atoms in total. The Bertz CT molecular complexity index is 800. The van der Waals surface area contributed by atoms with Crippen LogP contribution in [-0.2, 0) is 20.4 Å². The van der Waals surface area contributed by atoms with Crippen LogP contribution in [0.3, 0.4) is 0 Å². The molecule has 0 aliphatic heterocycles. The molecule has 1 aliphatic carbocycles. The summed E-state index contributed by atoms with van der Waals surface area (Å²) in [7, 11) is 0. The van der Waals surface area contributed by atoms with Crippen molar-refractivity contribution in [1.29, 1.82) is 0 Å². The predicted octanol–water partition coefficient (Wildman–Crippen LogP) is 3.41. The number of nitrogens with one attached hydrogen (secondary N) is 1. The number of carbonyl (C=O) groups is 2. The summed E-state index contributed by atoms with van der Waals surface area (Å²) in [6, 6.07) is 14.9. The number of amides is 1. The van der Waals surface area contributed by atoms with Crippen molar-refractivity contribution in [3.63, 3.8) is 0 Å². The Morgan fingerprint density at radius 1 is 1.12 bits per heavy atom. The van der Waals surface area contributed by atoms with E-state index in [4.69, 9.17) is 0 Å². The van der Waals surface area contributed by atoms with Gasteiger partial charge in [-0.2, -0.15) is 0 Å². The first-order valence-electron chi connectivity index (χ1n) is 8.78. The van der Waals surface area contributed by atoms with Gasteiger partial charge in [0.25, 0.3) is 0 Å². The van der Waals surface area contributed by atoms with Crippen LogP contribution in [-0.4, -0.2) is 23.5 Å². The first-order chi connectivity index (χ1) is 12.4. The molecule has 5 heteroatoms. The predicted molar refractivity (Wildman–Crippen MR) is 96.4 cm³/mol. The molecule has 1 atom stereocenters. The number of hydrogen-bond donors (Lipinski definition) is 2. The number of carboxylic acids is 1. The van der Waals surface area contributed by atoms with E-state index in [2.05, 4.69) is 5.32 Å². The lowest BCUT2D eigenvalue weighted by molar-refractivity contribution is -0.144. The maximum absolute atomic E-state index is 13.2. The molecule has 0 radical (unpaired) electrons. The van der Waals surface area contributed by atoms with E-state index in [-0.39, 0.29) is 18.3 Å². The van der Waals surface area contributed by atoms with Crippen LogP contribution < -0.4 is 5.32 Å². The zero-order valence-corrected chi connectivity index (χ0v) is 14.7. The van der Waals surface area contributed by atoms with Gasteiger partial charge in [0, 0.05) is 6.54 Å². The van der Waals surface area contributed by atoms with Gasteiger partial charge in [-0.15, -0.1) is 0 Å². The van der Waals surface area contributed by atoms with Crippen molar-refractivity contribution < 1.29 is 19.1 Å². The van der Waals surface area contributed by atoms with Gasteiger partial charge < -0.3 is 10.4 Å². The third-order valence-corrected chi connectivity index (χ3v) is 5.47. The molecular formula is C21H22FNO3. The first kappa shape index (κ1) is 18.1. The second kappa shape index (κ2) is 6.90. The zero-order valence-electron chi connectivity index (χ0n) is 14.7. The number of halogens is 1. The zero-order chi connectivity index (χ0) is 18.8. The normalized spacial score (nSPS) is 17.2. The smallest absolute Gasteiger partial charge is 0.315 e. The molecule has 26 heavy (non-hydrogen) atoms. The summed E-state index contributed by atoms with van der Waals surface area (Å²) in [5.74, 6) is -1.50. The van der Waals surface area contributed by atoms with Crippen LogP contribution in [0.2, 0.25) is 0 Å². The average Bonchev–Trinajstić information content (AvgIpc) is 3.45. The summed E-state index contributed by atoms with van der Waals surface area (Å²) in [6.07, 6.45) is 1.72. The highest BCUT2D eigenvalue weighted by molar-refractivity contribution is 5.92. The summed E-state index contributed by atoms with van der Waals surface area (Å²) in [5.41, 5.74) is -0.395. The van der Waals surface area contributed by atoms with Gasteiger partial charge in [-0.25, -0.2) is 4.39 Å². The van der Waals surface area contributed by atoms with E-state index in [1.807, 2.05) is 6.07 Å². The lowest BCUT2D eigenvalue weighted by atomic mass is 9.77. The fourth-order valence-corrected chi connectivity index (χ4v) is 3.48. The molecule has 0 heterocycles. The van der Waals surface area contributed by atoms with Crippen LogP contribution in [0.1, 0.15) is 37.3 Å². The summed E-state index contributed by atoms with van der Waals surface area (Å²) in [6.45, 7) is 1.82. The van der Waals surface area contributed by atoms with E-state index in [1.165, 1.54) is 12.1 Å². The third kappa shape index (κ3) is 3.09. The van der Waals surface area contributed by atoms with Crippen molar-refractivity contribution in [1.82, 2.24) is 5.32 Å². The van der Waals surface area contributed by atoms with Gasteiger partial charge in [-0.3, -0.25) is 9.59 Å². The van der Waals surface area contributed by atoms with Crippen LogP contribution in [0, 0.1) is 5.82 Å². The maximum atomic E-state index is 13.2. The van der Waals surface area contributed by atoms with Crippen molar-refractivity contribution in [2.75, 3.05) is 6.54 Å². The molecule has 2 N–H and O–H groups in total. The Labute approximate surface area is 152 Å². The van der Waals surface area contributed by atoms with Crippen LogP contribution in [0.15, 0.2) is 54.6 Å². The Morgan fingerprint density at radius 2 is 1.73 bits per heavy atom. The molecule has 0 spiro atoms. The molecule has 0 bridgehead atoms. The minimum atomic E-state index is -1.17.